The third-order valence-corrected chi connectivity index (χ3v) is 5.77. The average molecular weight is 429 g/mol. The van der Waals surface area contributed by atoms with E-state index in [0.29, 0.717) is 26.3 Å². The number of carbonyl (C=O) groups is 2. The molecule has 0 aliphatic carbocycles. The summed E-state index contributed by atoms with van der Waals surface area (Å²) in [5.41, 5.74) is 2.86. The SMILES string of the molecule is COCCOC(=O)c1sc2ncn(CC(=O)Nc3ccc(C)cc3C)c(=O)c2c1C. The van der Waals surface area contributed by atoms with Crippen LogP contribution in [0.5, 0.6) is 0 Å². The molecule has 0 saturated carbocycles. The number of hydrogen-bond acceptors (Lipinski definition) is 7. The molecular formula is C21H23N3O5S. The second-order valence-corrected chi connectivity index (χ2v) is 7.91. The standard InChI is InChI=1S/C21H23N3O5S/c1-12-5-6-15(13(2)9-12)23-16(25)10-24-11-22-19-17(20(24)26)14(3)18(30-19)21(27)29-8-7-28-4/h5-6,9,11H,7-8,10H2,1-4H3,(H,23,25). The van der Waals surface area contributed by atoms with Crippen LogP contribution in [0, 0.1) is 20.8 Å². The number of rotatable bonds is 7. The number of esters is 1. The number of anilines is 1. The lowest BCUT2D eigenvalue weighted by atomic mass is 10.1. The average Bonchev–Trinajstić information content (AvgIpc) is 3.04. The Morgan fingerprint density at radius 1 is 1.20 bits per heavy atom. The van der Waals surface area contributed by atoms with E-state index in [4.69, 9.17) is 9.47 Å². The van der Waals surface area contributed by atoms with E-state index in [0.717, 1.165) is 22.5 Å². The number of fused-ring (bicyclic) bond motifs is 1. The maximum Gasteiger partial charge on any atom is 0.348 e. The Morgan fingerprint density at radius 3 is 2.67 bits per heavy atom. The zero-order valence-electron chi connectivity index (χ0n) is 17.3. The van der Waals surface area contributed by atoms with Gasteiger partial charge < -0.3 is 14.8 Å². The smallest absolute Gasteiger partial charge is 0.348 e. The highest BCUT2D eigenvalue weighted by Crippen LogP contribution is 2.27. The zero-order valence-corrected chi connectivity index (χ0v) is 18.1. The van der Waals surface area contributed by atoms with Gasteiger partial charge in [0.25, 0.3) is 5.56 Å². The number of hydrogen-bond donors (Lipinski definition) is 1. The summed E-state index contributed by atoms with van der Waals surface area (Å²) in [5, 5.41) is 3.14. The van der Waals surface area contributed by atoms with Crippen molar-refractivity contribution < 1.29 is 19.1 Å². The summed E-state index contributed by atoms with van der Waals surface area (Å²) in [5.74, 6) is -0.858. The predicted molar refractivity (Wildman–Crippen MR) is 115 cm³/mol. The maximum absolute atomic E-state index is 12.9. The zero-order chi connectivity index (χ0) is 21.8. The van der Waals surface area contributed by atoms with Gasteiger partial charge in [0.1, 0.15) is 22.9 Å². The van der Waals surface area contributed by atoms with Crippen molar-refractivity contribution >= 4 is 39.1 Å². The molecule has 1 aromatic carbocycles. The Labute approximate surface area is 177 Å². The van der Waals surface area contributed by atoms with E-state index in [-0.39, 0.29) is 31.2 Å². The molecular weight excluding hydrogens is 406 g/mol. The molecule has 3 aromatic rings. The molecule has 3 rings (SSSR count). The minimum Gasteiger partial charge on any atom is -0.459 e. The summed E-state index contributed by atoms with van der Waals surface area (Å²) in [6.07, 6.45) is 1.32. The van der Waals surface area contributed by atoms with Gasteiger partial charge in [-0.2, -0.15) is 0 Å². The minimum absolute atomic E-state index is 0.124. The van der Waals surface area contributed by atoms with Crippen molar-refractivity contribution in [2.75, 3.05) is 25.6 Å². The van der Waals surface area contributed by atoms with Crippen LogP contribution in [-0.2, 0) is 20.8 Å². The largest absolute Gasteiger partial charge is 0.459 e. The van der Waals surface area contributed by atoms with Crippen LogP contribution in [-0.4, -0.2) is 41.8 Å². The fraction of sp³-hybridized carbons (Fsp3) is 0.333. The van der Waals surface area contributed by atoms with E-state index < -0.39 is 5.97 Å². The van der Waals surface area contributed by atoms with Gasteiger partial charge >= 0.3 is 5.97 Å². The summed E-state index contributed by atoms with van der Waals surface area (Å²) >= 11 is 1.10. The Morgan fingerprint density at radius 2 is 1.97 bits per heavy atom. The molecule has 0 aliphatic heterocycles. The minimum atomic E-state index is -0.522. The van der Waals surface area contributed by atoms with Crippen LogP contribution in [0.2, 0.25) is 0 Å². The molecule has 0 bridgehead atoms. The fourth-order valence-corrected chi connectivity index (χ4v) is 4.08. The summed E-state index contributed by atoms with van der Waals surface area (Å²) in [6, 6.07) is 5.71. The fourth-order valence-electron chi connectivity index (χ4n) is 3.05. The number of nitrogens with one attached hydrogen (secondary N) is 1. The van der Waals surface area contributed by atoms with Gasteiger partial charge in [-0.3, -0.25) is 14.2 Å². The number of benzene rings is 1. The van der Waals surface area contributed by atoms with Gasteiger partial charge in [-0.15, -0.1) is 11.3 Å². The molecule has 0 aliphatic rings. The van der Waals surface area contributed by atoms with Crippen LogP contribution in [0.1, 0.15) is 26.4 Å². The van der Waals surface area contributed by atoms with E-state index in [9.17, 15) is 14.4 Å². The molecule has 30 heavy (non-hydrogen) atoms. The number of thiophene rings is 1. The van der Waals surface area contributed by atoms with Gasteiger partial charge in [-0.05, 0) is 38.0 Å². The molecule has 2 aromatic heterocycles. The lowest BCUT2D eigenvalue weighted by Crippen LogP contribution is -2.28. The van der Waals surface area contributed by atoms with Gasteiger partial charge in [-0.1, -0.05) is 17.7 Å². The third kappa shape index (κ3) is 4.58. The number of methoxy groups -OCH3 is 1. The lowest BCUT2D eigenvalue weighted by molar-refractivity contribution is -0.116. The third-order valence-electron chi connectivity index (χ3n) is 4.59. The van der Waals surface area contributed by atoms with E-state index in [1.807, 2.05) is 32.0 Å². The molecule has 2 heterocycles. The molecule has 0 atom stereocenters. The van der Waals surface area contributed by atoms with Gasteiger partial charge in [0.2, 0.25) is 5.91 Å². The summed E-state index contributed by atoms with van der Waals surface area (Å²) < 4.78 is 11.2. The van der Waals surface area contributed by atoms with Crippen LogP contribution in [0.25, 0.3) is 10.2 Å². The molecule has 9 heteroatoms. The molecule has 1 N–H and O–H groups in total. The molecule has 1 amide bonds. The Bertz CT molecular complexity index is 1170. The van der Waals surface area contributed by atoms with E-state index in [1.165, 1.54) is 18.0 Å². The normalized spacial score (nSPS) is 10.9. The first-order valence-electron chi connectivity index (χ1n) is 9.33. The number of ether oxygens (including phenoxy) is 2. The van der Waals surface area contributed by atoms with Crippen LogP contribution in [0.4, 0.5) is 5.69 Å². The van der Waals surface area contributed by atoms with Crippen molar-refractivity contribution in [3.63, 3.8) is 0 Å². The molecule has 0 saturated heterocycles. The van der Waals surface area contributed by atoms with Crippen LogP contribution < -0.4 is 10.9 Å². The molecule has 0 spiro atoms. The molecule has 0 unspecified atom stereocenters. The van der Waals surface area contributed by atoms with Crippen molar-refractivity contribution in [3.05, 3.63) is 56.4 Å². The topological polar surface area (TPSA) is 99.5 Å². The lowest BCUT2D eigenvalue weighted by Gasteiger charge is -2.10. The number of amides is 1. The molecule has 0 radical (unpaired) electrons. The van der Waals surface area contributed by atoms with Crippen molar-refractivity contribution in [1.82, 2.24) is 9.55 Å². The quantitative estimate of drug-likeness (QED) is 0.458. The Kier molecular flexibility index (Phi) is 6.63. The van der Waals surface area contributed by atoms with Crippen LogP contribution in [0.3, 0.4) is 0 Å². The summed E-state index contributed by atoms with van der Waals surface area (Å²) in [4.78, 5) is 42.7. The highest BCUT2D eigenvalue weighted by atomic mass is 32.1. The van der Waals surface area contributed by atoms with Gasteiger partial charge in [-0.25, -0.2) is 9.78 Å². The molecule has 8 nitrogen and oxygen atoms in total. The van der Waals surface area contributed by atoms with Crippen molar-refractivity contribution in [2.24, 2.45) is 0 Å². The van der Waals surface area contributed by atoms with E-state index >= 15 is 0 Å². The number of aromatic nitrogens is 2. The predicted octanol–water partition coefficient (Wildman–Crippen LogP) is 2.83. The molecule has 0 fully saturated rings. The first-order valence-corrected chi connectivity index (χ1v) is 10.1. The van der Waals surface area contributed by atoms with Gasteiger partial charge in [0, 0.05) is 12.8 Å². The first-order chi connectivity index (χ1) is 14.3. The number of aryl methyl sites for hydroxylation is 3. The Balaban J connectivity index is 1.82. The number of nitrogens with zero attached hydrogens (tertiary/aromatic N) is 2. The number of carbonyl (C=O) groups excluding carboxylic acids is 2. The van der Waals surface area contributed by atoms with Crippen molar-refractivity contribution in [2.45, 2.75) is 27.3 Å². The van der Waals surface area contributed by atoms with Crippen molar-refractivity contribution in [1.29, 1.82) is 0 Å². The molecule has 158 valence electrons. The van der Waals surface area contributed by atoms with Gasteiger partial charge in [0.05, 0.1) is 18.3 Å². The van der Waals surface area contributed by atoms with Crippen molar-refractivity contribution in [3.8, 4) is 0 Å². The second kappa shape index (κ2) is 9.19. The van der Waals surface area contributed by atoms with Crippen LogP contribution in [0.15, 0.2) is 29.3 Å². The maximum atomic E-state index is 12.9. The van der Waals surface area contributed by atoms with E-state index in [2.05, 4.69) is 10.3 Å². The summed E-state index contributed by atoms with van der Waals surface area (Å²) in [7, 11) is 1.52. The summed E-state index contributed by atoms with van der Waals surface area (Å²) in [6.45, 7) is 5.79. The highest BCUT2D eigenvalue weighted by Gasteiger charge is 2.21. The van der Waals surface area contributed by atoms with E-state index in [1.54, 1.807) is 6.92 Å². The monoisotopic (exact) mass is 429 g/mol. The first kappa shape index (κ1) is 21.7. The Hall–Kier alpha value is -3.04. The second-order valence-electron chi connectivity index (χ2n) is 6.91. The van der Waals surface area contributed by atoms with Gasteiger partial charge in [0.15, 0.2) is 0 Å². The van der Waals surface area contributed by atoms with Crippen LogP contribution >= 0.6 is 11.3 Å². The highest BCUT2D eigenvalue weighted by molar-refractivity contribution is 7.20.